The summed E-state index contributed by atoms with van der Waals surface area (Å²) in [6.07, 6.45) is 1.52. The Morgan fingerprint density at radius 2 is 1.57 bits per heavy atom. The zero-order valence-electron chi connectivity index (χ0n) is 11.9. The summed E-state index contributed by atoms with van der Waals surface area (Å²) < 4.78 is 0. The van der Waals surface area contributed by atoms with Crippen molar-refractivity contribution in [2.45, 2.75) is 5.92 Å². The summed E-state index contributed by atoms with van der Waals surface area (Å²) in [6.45, 7) is 0. The van der Waals surface area contributed by atoms with E-state index in [-0.39, 0.29) is 16.9 Å². The van der Waals surface area contributed by atoms with Crippen molar-refractivity contribution in [3.8, 4) is 0 Å². The van der Waals surface area contributed by atoms with Crippen molar-refractivity contribution in [1.29, 1.82) is 0 Å². The number of aliphatic carboxylic acids is 1. The van der Waals surface area contributed by atoms with Crippen LogP contribution >= 0.6 is 0 Å². The third-order valence-corrected chi connectivity index (χ3v) is 3.85. The molecule has 1 atom stereocenters. The molecule has 23 heavy (non-hydrogen) atoms. The highest BCUT2D eigenvalue weighted by atomic mass is 16.4. The van der Waals surface area contributed by atoms with E-state index in [2.05, 4.69) is 0 Å². The molecule has 1 radical (unpaired) electrons. The summed E-state index contributed by atoms with van der Waals surface area (Å²) in [6, 6.07) is 12.8. The van der Waals surface area contributed by atoms with Gasteiger partial charge in [-0.15, -0.1) is 0 Å². The van der Waals surface area contributed by atoms with Crippen LogP contribution in [-0.4, -0.2) is 27.3 Å². The van der Waals surface area contributed by atoms with Crippen LogP contribution in [0.4, 0.5) is 0 Å². The van der Waals surface area contributed by atoms with Gasteiger partial charge in [-0.25, -0.2) is 4.79 Å². The first-order valence-electron chi connectivity index (χ1n) is 6.92. The lowest BCUT2D eigenvalue weighted by Gasteiger charge is -2.26. The smallest absolute Gasteiger partial charge is 0.335 e. The number of carboxylic acid groups (broad SMARTS) is 2. The minimum Gasteiger partial charge on any atom is -0.511 e. The molecular weight excluding hydrogens is 296 g/mol. The number of carboxylic acids is 2. The molecule has 0 amide bonds. The van der Waals surface area contributed by atoms with Gasteiger partial charge in [0.1, 0.15) is 11.7 Å². The molecule has 0 spiro atoms. The molecule has 2 aromatic rings. The average molecular weight is 309 g/mol. The number of aromatic carboxylic acids is 1. The van der Waals surface area contributed by atoms with Crippen molar-refractivity contribution in [3.63, 3.8) is 0 Å². The Balaban J connectivity index is 2.13. The molecule has 0 bridgehead atoms. The van der Waals surface area contributed by atoms with Gasteiger partial charge in [0.05, 0.1) is 12.0 Å². The van der Waals surface area contributed by atoms with E-state index < -0.39 is 17.9 Å². The quantitative estimate of drug-likeness (QED) is 0.810. The molecule has 2 aromatic carbocycles. The first-order chi connectivity index (χ1) is 11.0. The van der Waals surface area contributed by atoms with E-state index in [4.69, 9.17) is 5.11 Å². The highest BCUT2D eigenvalue weighted by Gasteiger charge is 2.34. The van der Waals surface area contributed by atoms with Crippen LogP contribution in [0.1, 0.15) is 33.0 Å². The maximum atomic E-state index is 11.8. The zero-order chi connectivity index (χ0) is 16.6. The van der Waals surface area contributed by atoms with Gasteiger partial charge in [-0.05, 0) is 28.8 Å². The van der Waals surface area contributed by atoms with Crippen molar-refractivity contribution in [3.05, 3.63) is 83.0 Å². The van der Waals surface area contributed by atoms with Crippen molar-refractivity contribution in [1.82, 2.24) is 0 Å². The second-order valence-electron chi connectivity index (χ2n) is 5.23. The number of carbonyl (C=O) groups is 2. The van der Waals surface area contributed by atoms with Crippen molar-refractivity contribution < 1.29 is 24.9 Å². The largest absolute Gasteiger partial charge is 0.511 e. The molecule has 0 aromatic heterocycles. The van der Waals surface area contributed by atoms with Crippen molar-refractivity contribution in [2.75, 3.05) is 0 Å². The SMILES string of the molecule is O=C(O)c1ccc(C2=C(O)[CH]c3ccccc3C2C(=O)O)cc1. The third-order valence-electron chi connectivity index (χ3n) is 3.85. The average Bonchev–Trinajstić information content (AvgIpc) is 2.53. The van der Waals surface area contributed by atoms with Crippen molar-refractivity contribution in [2.24, 2.45) is 0 Å². The maximum Gasteiger partial charge on any atom is 0.335 e. The Morgan fingerprint density at radius 1 is 0.913 bits per heavy atom. The second-order valence-corrected chi connectivity index (χ2v) is 5.23. The third kappa shape index (κ3) is 2.57. The van der Waals surface area contributed by atoms with Gasteiger partial charge >= 0.3 is 11.9 Å². The van der Waals surface area contributed by atoms with E-state index in [0.717, 1.165) is 0 Å². The molecule has 1 aliphatic carbocycles. The van der Waals surface area contributed by atoms with Crippen LogP contribution in [0, 0.1) is 6.42 Å². The fraction of sp³-hybridized carbons (Fsp3) is 0.0556. The van der Waals surface area contributed by atoms with Crippen LogP contribution in [0.25, 0.3) is 5.57 Å². The van der Waals surface area contributed by atoms with Crippen LogP contribution in [0.2, 0.25) is 0 Å². The van der Waals surface area contributed by atoms with E-state index in [0.29, 0.717) is 16.7 Å². The fourth-order valence-electron chi connectivity index (χ4n) is 2.80. The number of aliphatic hydroxyl groups is 1. The monoisotopic (exact) mass is 309 g/mol. The summed E-state index contributed by atoms with van der Waals surface area (Å²) in [7, 11) is 0. The number of hydrogen-bond acceptors (Lipinski definition) is 3. The molecular formula is C18H13O5. The van der Waals surface area contributed by atoms with Gasteiger partial charge in [0, 0.05) is 5.57 Å². The number of allylic oxidation sites excluding steroid dienone is 1. The number of benzene rings is 2. The van der Waals surface area contributed by atoms with Gasteiger partial charge in [0.2, 0.25) is 0 Å². The molecule has 1 unspecified atom stereocenters. The van der Waals surface area contributed by atoms with Crippen molar-refractivity contribution >= 4 is 17.5 Å². The summed E-state index contributed by atoms with van der Waals surface area (Å²) in [5.41, 5.74) is 2.08. The normalized spacial score (nSPS) is 16.8. The Bertz CT molecular complexity index is 818. The topological polar surface area (TPSA) is 94.8 Å². The number of aliphatic hydroxyl groups excluding tert-OH is 1. The van der Waals surface area contributed by atoms with E-state index in [1.54, 1.807) is 24.3 Å². The molecule has 5 heteroatoms. The number of rotatable bonds is 3. The molecule has 0 fully saturated rings. The molecule has 1 aliphatic rings. The predicted molar refractivity (Wildman–Crippen MR) is 83.2 cm³/mol. The lowest BCUT2D eigenvalue weighted by Crippen LogP contribution is -2.20. The van der Waals surface area contributed by atoms with E-state index in [9.17, 15) is 19.8 Å². The van der Waals surface area contributed by atoms with Crippen LogP contribution in [0.15, 0.2) is 54.3 Å². The summed E-state index contributed by atoms with van der Waals surface area (Å²) in [5.74, 6) is -3.27. The highest BCUT2D eigenvalue weighted by Crippen LogP contribution is 2.41. The zero-order valence-corrected chi connectivity index (χ0v) is 11.9. The minimum absolute atomic E-state index is 0.0981. The second kappa shape index (κ2) is 5.61. The lowest BCUT2D eigenvalue weighted by atomic mass is 9.78. The number of fused-ring (bicyclic) bond motifs is 1. The summed E-state index contributed by atoms with van der Waals surface area (Å²) >= 11 is 0. The molecule has 3 rings (SSSR count). The Kier molecular flexibility index (Phi) is 3.62. The Morgan fingerprint density at radius 3 is 2.17 bits per heavy atom. The van der Waals surface area contributed by atoms with Crippen LogP contribution in [-0.2, 0) is 4.79 Å². The maximum absolute atomic E-state index is 11.8. The van der Waals surface area contributed by atoms with Gasteiger partial charge in [0.15, 0.2) is 0 Å². The standard InChI is InChI=1S/C18H13O5/c19-14-9-12-3-1-2-4-13(12)16(18(22)23)15(14)10-5-7-11(8-6-10)17(20)21/h1-9,16,19H,(H,20,21)(H,22,23). The highest BCUT2D eigenvalue weighted by molar-refractivity contribution is 5.97. The van der Waals surface area contributed by atoms with Gasteiger partial charge < -0.3 is 15.3 Å². The van der Waals surface area contributed by atoms with Crippen LogP contribution in [0.5, 0.6) is 0 Å². The molecule has 5 nitrogen and oxygen atoms in total. The molecule has 0 aliphatic heterocycles. The Hall–Kier alpha value is -3.08. The molecule has 0 heterocycles. The van der Waals surface area contributed by atoms with Crippen LogP contribution < -0.4 is 0 Å². The first-order valence-corrected chi connectivity index (χ1v) is 6.92. The van der Waals surface area contributed by atoms with Gasteiger partial charge in [0.25, 0.3) is 0 Å². The fourth-order valence-corrected chi connectivity index (χ4v) is 2.80. The van der Waals surface area contributed by atoms with E-state index in [1.165, 1.54) is 30.7 Å². The lowest BCUT2D eigenvalue weighted by molar-refractivity contribution is -0.137. The minimum atomic E-state index is -1.07. The molecule has 0 saturated carbocycles. The molecule has 0 saturated heterocycles. The van der Waals surface area contributed by atoms with Gasteiger partial charge in [-0.2, -0.15) is 0 Å². The summed E-state index contributed by atoms with van der Waals surface area (Å²) in [4.78, 5) is 22.7. The Labute approximate surface area is 132 Å². The van der Waals surface area contributed by atoms with E-state index in [1.807, 2.05) is 0 Å². The molecule has 115 valence electrons. The number of hydrogen-bond donors (Lipinski definition) is 3. The molecule has 3 N–H and O–H groups in total. The predicted octanol–water partition coefficient (Wildman–Crippen LogP) is 3.09. The van der Waals surface area contributed by atoms with Gasteiger partial charge in [-0.1, -0.05) is 36.4 Å². The van der Waals surface area contributed by atoms with Gasteiger partial charge in [-0.3, -0.25) is 4.79 Å². The van der Waals surface area contributed by atoms with E-state index >= 15 is 0 Å². The van der Waals surface area contributed by atoms with Crippen LogP contribution in [0.3, 0.4) is 0 Å². The summed E-state index contributed by atoms with van der Waals surface area (Å²) in [5, 5.41) is 28.9. The first kappa shape index (κ1) is 14.8.